The molecule has 3 aliphatic rings. The zero-order chi connectivity index (χ0) is 28.8. The Bertz CT molecular complexity index is 1680. The van der Waals surface area contributed by atoms with Crippen LogP contribution in [0.5, 0.6) is 0 Å². The number of hydrogen-bond donors (Lipinski definition) is 4. The monoisotopic (exact) mass is 563 g/mol. The van der Waals surface area contributed by atoms with Crippen LogP contribution in [0.1, 0.15) is 48.1 Å². The smallest absolute Gasteiger partial charge is 0.319 e. The molecule has 4 aromatic rings. The van der Waals surface area contributed by atoms with Crippen LogP contribution in [0.3, 0.4) is 0 Å². The number of carbonyl (C=O) groups excluding carboxylic acids is 3. The number of nitrogens with zero attached hydrogens (tertiary/aromatic N) is 3. The normalized spacial score (nSPS) is 20.3. The van der Waals surface area contributed by atoms with Crippen molar-refractivity contribution in [1.82, 2.24) is 30.6 Å². The Balaban J connectivity index is 1.14. The summed E-state index contributed by atoms with van der Waals surface area (Å²) in [6, 6.07) is 20.4. The summed E-state index contributed by atoms with van der Waals surface area (Å²) >= 11 is 0. The summed E-state index contributed by atoms with van der Waals surface area (Å²) in [6.45, 7) is 3.37. The second-order valence-electron chi connectivity index (χ2n) is 11.5. The molecule has 2 atom stereocenters. The van der Waals surface area contributed by atoms with E-state index < -0.39 is 11.6 Å². The van der Waals surface area contributed by atoms with Gasteiger partial charge in [-0.15, -0.1) is 0 Å². The molecule has 4 heterocycles. The van der Waals surface area contributed by atoms with Crippen LogP contribution in [0, 0.1) is 0 Å². The third-order valence-electron chi connectivity index (χ3n) is 9.16. The van der Waals surface area contributed by atoms with Gasteiger partial charge >= 0.3 is 12.1 Å². The first-order valence-electron chi connectivity index (χ1n) is 14.5. The number of urea groups is 2. The van der Waals surface area contributed by atoms with Gasteiger partial charge in [0.1, 0.15) is 6.04 Å². The predicted octanol–water partition coefficient (Wildman–Crippen LogP) is 4.41. The summed E-state index contributed by atoms with van der Waals surface area (Å²) in [5.74, 6) is -0.111. The summed E-state index contributed by atoms with van der Waals surface area (Å²) < 4.78 is 0. The minimum atomic E-state index is -0.718. The molecule has 1 saturated heterocycles. The maximum atomic E-state index is 14.2. The van der Waals surface area contributed by atoms with E-state index in [9.17, 15) is 14.4 Å². The van der Waals surface area contributed by atoms with Crippen molar-refractivity contribution in [3.8, 4) is 0 Å². The van der Waals surface area contributed by atoms with E-state index in [2.05, 4.69) is 26.1 Å². The topological polar surface area (TPSA) is 122 Å². The Hall–Kier alpha value is -4.86. The lowest BCUT2D eigenvalue weighted by molar-refractivity contribution is -0.135. The molecule has 42 heavy (non-hydrogen) atoms. The number of nitrogens with one attached hydrogen (secondary N) is 4. The van der Waals surface area contributed by atoms with E-state index >= 15 is 0 Å². The van der Waals surface area contributed by atoms with E-state index in [1.807, 2.05) is 84.8 Å². The summed E-state index contributed by atoms with van der Waals surface area (Å²) in [5, 5.41) is 17.4. The molecule has 1 aromatic heterocycles. The van der Waals surface area contributed by atoms with E-state index in [1.54, 1.807) is 4.90 Å². The van der Waals surface area contributed by atoms with Crippen molar-refractivity contribution in [2.45, 2.75) is 50.4 Å². The molecular weight excluding hydrogens is 530 g/mol. The van der Waals surface area contributed by atoms with Crippen LogP contribution in [-0.4, -0.2) is 57.1 Å². The molecule has 4 N–H and O–H groups in total. The van der Waals surface area contributed by atoms with E-state index in [-0.39, 0.29) is 24.0 Å². The van der Waals surface area contributed by atoms with Crippen molar-refractivity contribution in [2.24, 2.45) is 0 Å². The van der Waals surface area contributed by atoms with Crippen molar-refractivity contribution in [1.29, 1.82) is 0 Å². The first kappa shape index (κ1) is 26.1. The number of benzene rings is 3. The quantitative estimate of drug-likeness (QED) is 0.295. The summed E-state index contributed by atoms with van der Waals surface area (Å²) in [6.07, 6.45) is 3.37. The molecule has 0 saturated carbocycles. The lowest BCUT2D eigenvalue weighted by atomic mass is 9.79. The molecule has 1 fully saturated rings. The first-order valence-corrected chi connectivity index (χ1v) is 14.5. The number of para-hydroxylation sites is 1. The number of carbonyl (C=O) groups is 3. The molecule has 7 rings (SSSR count). The molecule has 3 aromatic carbocycles. The van der Waals surface area contributed by atoms with E-state index in [1.165, 1.54) is 0 Å². The molecular formula is C32H33N7O3. The molecule has 0 radical (unpaired) electrons. The molecule has 3 aliphatic heterocycles. The van der Waals surface area contributed by atoms with Gasteiger partial charge in [0.2, 0.25) is 5.91 Å². The minimum Gasteiger partial charge on any atom is -0.330 e. The Labute approximate surface area is 243 Å². The van der Waals surface area contributed by atoms with Gasteiger partial charge in [0.15, 0.2) is 0 Å². The molecule has 0 bridgehead atoms. The number of H-pyrrole nitrogens is 1. The number of amides is 5. The number of aromatic amines is 1. The average molecular weight is 564 g/mol. The maximum absolute atomic E-state index is 14.2. The summed E-state index contributed by atoms with van der Waals surface area (Å²) in [5.41, 5.74) is 5.35. The van der Waals surface area contributed by atoms with E-state index in [4.69, 9.17) is 0 Å². The number of anilines is 1. The molecule has 214 valence electrons. The van der Waals surface area contributed by atoms with Crippen LogP contribution in [0.2, 0.25) is 0 Å². The molecule has 5 amide bonds. The molecule has 1 spiro atoms. The lowest BCUT2D eigenvalue weighted by Crippen LogP contribution is -2.59. The fourth-order valence-corrected chi connectivity index (χ4v) is 6.78. The van der Waals surface area contributed by atoms with Crippen LogP contribution in [0.15, 0.2) is 72.9 Å². The highest BCUT2D eigenvalue weighted by atomic mass is 16.2. The number of piperidine rings is 1. The third-order valence-corrected chi connectivity index (χ3v) is 9.16. The number of likely N-dealkylation sites (tertiary alicyclic amines) is 1. The number of rotatable bonds is 3. The second kappa shape index (κ2) is 10.2. The van der Waals surface area contributed by atoms with Gasteiger partial charge in [0.25, 0.3) is 0 Å². The van der Waals surface area contributed by atoms with Crippen molar-refractivity contribution < 1.29 is 14.4 Å². The van der Waals surface area contributed by atoms with Crippen LogP contribution in [0.25, 0.3) is 10.9 Å². The Morgan fingerprint density at radius 3 is 2.60 bits per heavy atom. The van der Waals surface area contributed by atoms with Gasteiger partial charge in [-0.25, -0.2) is 9.59 Å². The Morgan fingerprint density at radius 2 is 1.79 bits per heavy atom. The molecule has 0 unspecified atom stereocenters. The van der Waals surface area contributed by atoms with Gasteiger partial charge in [0, 0.05) is 42.7 Å². The van der Waals surface area contributed by atoms with Crippen LogP contribution in [0.4, 0.5) is 15.3 Å². The third kappa shape index (κ3) is 4.43. The number of fused-ring (bicyclic) bond motifs is 5. The van der Waals surface area contributed by atoms with Gasteiger partial charge in [-0.1, -0.05) is 54.6 Å². The molecule has 10 nitrogen and oxygen atoms in total. The summed E-state index contributed by atoms with van der Waals surface area (Å²) in [4.78, 5) is 43.9. The molecule has 10 heteroatoms. The lowest BCUT2D eigenvalue weighted by Gasteiger charge is -2.45. The van der Waals surface area contributed by atoms with E-state index in [0.29, 0.717) is 38.9 Å². The maximum Gasteiger partial charge on any atom is 0.319 e. The van der Waals surface area contributed by atoms with Gasteiger partial charge in [-0.3, -0.25) is 9.89 Å². The van der Waals surface area contributed by atoms with Gasteiger partial charge in [0.05, 0.1) is 23.3 Å². The van der Waals surface area contributed by atoms with E-state index in [0.717, 1.165) is 38.8 Å². The predicted molar refractivity (Wildman–Crippen MR) is 159 cm³/mol. The standard InChI is InChI=1S/C32H33N7O3/c1-20(21-7-3-2-4-8-21)39-19-24-22(11-12-26-23(24)18-33-37-26)17-28(29(39)40)35-31(42)38-15-13-32(14-16-38)25-9-5-6-10-27(25)34-30(41)36-32/h2-12,18,20,28H,13-17,19H2,1H3,(H,33,37)(H,35,42)(H2,34,36,41)/t20-,28+/m0/s1. The van der Waals surface area contributed by atoms with Gasteiger partial charge in [-0.05, 0) is 48.6 Å². The average Bonchev–Trinajstić information content (AvgIpc) is 3.44. The highest BCUT2D eigenvalue weighted by molar-refractivity contribution is 5.94. The largest absolute Gasteiger partial charge is 0.330 e. The van der Waals surface area contributed by atoms with Gasteiger partial charge in [-0.2, -0.15) is 5.10 Å². The number of aromatic nitrogens is 2. The highest BCUT2D eigenvalue weighted by Gasteiger charge is 2.43. The van der Waals surface area contributed by atoms with Gasteiger partial charge < -0.3 is 25.8 Å². The van der Waals surface area contributed by atoms with Crippen LogP contribution < -0.4 is 16.0 Å². The SMILES string of the molecule is C[C@@H](c1ccccc1)N1Cc2c(ccc3[nH]ncc23)C[C@@H](NC(=O)N2CCC3(CC2)NC(=O)Nc2ccccc23)C1=O. The van der Waals surface area contributed by atoms with Crippen molar-refractivity contribution >= 4 is 34.6 Å². The Morgan fingerprint density at radius 1 is 1.02 bits per heavy atom. The fraction of sp³-hybridized carbons (Fsp3) is 0.312. The number of hydrogen-bond acceptors (Lipinski definition) is 4. The highest BCUT2D eigenvalue weighted by Crippen LogP contribution is 2.39. The Kier molecular flexibility index (Phi) is 6.33. The van der Waals surface area contributed by atoms with Crippen LogP contribution in [-0.2, 0) is 23.3 Å². The zero-order valence-corrected chi connectivity index (χ0v) is 23.4. The van der Waals surface area contributed by atoms with Crippen LogP contribution >= 0.6 is 0 Å². The molecule has 0 aliphatic carbocycles. The zero-order valence-electron chi connectivity index (χ0n) is 23.4. The second-order valence-corrected chi connectivity index (χ2v) is 11.5. The first-order chi connectivity index (χ1) is 20.4. The van der Waals surface area contributed by atoms with Crippen molar-refractivity contribution in [2.75, 3.05) is 18.4 Å². The summed E-state index contributed by atoms with van der Waals surface area (Å²) in [7, 11) is 0. The van der Waals surface area contributed by atoms with Crippen molar-refractivity contribution in [3.63, 3.8) is 0 Å². The minimum absolute atomic E-state index is 0.111. The van der Waals surface area contributed by atoms with Crippen molar-refractivity contribution in [3.05, 3.63) is 95.2 Å². The fourth-order valence-electron chi connectivity index (χ4n) is 6.78.